The van der Waals surface area contributed by atoms with Crippen LogP contribution in [-0.2, 0) is 36.1 Å². The summed E-state index contributed by atoms with van der Waals surface area (Å²) in [6.07, 6.45) is 3.83. The molecule has 158 valence electrons. The van der Waals surface area contributed by atoms with Crippen LogP contribution in [0.2, 0.25) is 0 Å². The molecule has 0 saturated heterocycles. The van der Waals surface area contributed by atoms with Gasteiger partial charge in [0.2, 0.25) is 11.8 Å². The third kappa shape index (κ3) is 5.63. The summed E-state index contributed by atoms with van der Waals surface area (Å²) >= 11 is 0. The Kier molecular flexibility index (Phi) is 7.12. The highest BCUT2D eigenvalue weighted by Gasteiger charge is 2.24. The van der Waals surface area contributed by atoms with Gasteiger partial charge in [0, 0.05) is 25.0 Å². The summed E-state index contributed by atoms with van der Waals surface area (Å²) in [5.74, 6) is 0.549. The molecule has 0 aliphatic heterocycles. The van der Waals surface area contributed by atoms with E-state index in [0.29, 0.717) is 18.8 Å². The lowest BCUT2D eigenvalue weighted by Crippen LogP contribution is -2.46. The highest BCUT2D eigenvalue weighted by atomic mass is 16.3. The van der Waals surface area contributed by atoms with Crippen LogP contribution >= 0.6 is 0 Å². The average Bonchev–Trinajstić information content (AvgIpc) is 3.38. The molecule has 0 fully saturated rings. The number of hydrogen-bond donors (Lipinski definition) is 0. The van der Waals surface area contributed by atoms with Crippen molar-refractivity contribution in [3.8, 4) is 0 Å². The van der Waals surface area contributed by atoms with Gasteiger partial charge in [0.25, 0.3) is 0 Å². The quantitative estimate of drug-likeness (QED) is 0.544. The van der Waals surface area contributed by atoms with Crippen LogP contribution in [0.25, 0.3) is 0 Å². The van der Waals surface area contributed by atoms with Gasteiger partial charge in [0.1, 0.15) is 12.3 Å². The van der Waals surface area contributed by atoms with E-state index in [0.717, 1.165) is 11.3 Å². The predicted molar refractivity (Wildman–Crippen MR) is 115 cm³/mol. The van der Waals surface area contributed by atoms with Crippen molar-refractivity contribution in [2.45, 2.75) is 39.4 Å². The van der Waals surface area contributed by atoms with Crippen LogP contribution in [0.5, 0.6) is 0 Å². The van der Waals surface area contributed by atoms with Crippen molar-refractivity contribution in [3.05, 3.63) is 84.1 Å². The van der Waals surface area contributed by atoms with E-state index < -0.39 is 0 Å². The van der Waals surface area contributed by atoms with Crippen molar-refractivity contribution in [2.24, 2.45) is 7.05 Å². The second kappa shape index (κ2) is 9.96. The van der Waals surface area contributed by atoms with Crippen LogP contribution in [-0.4, -0.2) is 38.8 Å². The van der Waals surface area contributed by atoms with Crippen LogP contribution in [0, 0.1) is 0 Å². The van der Waals surface area contributed by atoms with E-state index >= 15 is 0 Å². The molecule has 1 aromatic carbocycles. The minimum Gasteiger partial charge on any atom is -0.467 e. The van der Waals surface area contributed by atoms with Gasteiger partial charge in [0.15, 0.2) is 0 Å². The average molecular weight is 408 g/mol. The van der Waals surface area contributed by atoms with E-state index in [2.05, 4.69) is 0 Å². The largest absolute Gasteiger partial charge is 0.467 e. The lowest BCUT2D eigenvalue weighted by molar-refractivity contribution is -0.142. The molecule has 0 bridgehead atoms. The number of hydrogen-bond acceptors (Lipinski definition) is 3. The third-order valence-electron chi connectivity index (χ3n) is 5.13. The van der Waals surface area contributed by atoms with Crippen LogP contribution in [0.3, 0.4) is 0 Å². The summed E-state index contributed by atoms with van der Waals surface area (Å²) in [5.41, 5.74) is 1.96. The maximum Gasteiger partial charge on any atom is 0.242 e. The Balaban J connectivity index is 1.74. The minimum atomic E-state index is -0.109. The summed E-state index contributed by atoms with van der Waals surface area (Å²) in [6.45, 7) is 4.71. The van der Waals surface area contributed by atoms with Gasteiger partial charge in [-0.3, -0.25) is 9.59 Å². The molecule has 2 heterocycles. The first-order chi connectivity index (χ1) is 14.4. The Morgan fingerprint density at radius 2 is 1.73 bits per heavy atom. The van der Waals surface area contributed by atoms with Gasteiger partial charge in [-0.2, -0.15) is 0 Å². The summed E-state index contributed by atoms with van der Waals surface area (Å²) in [4.78, 5) is 29.6. The molecule has 0 aliphatic carbocycles. The van der Waals surface area contributed by atoms with Crippen molar-refractivity contribution in [3.63, 3.8) is 0 Å². The van der Waals surface area contributed by atoms with Gasteiger partial charge in [-0.1, -0.05) is 30.3 Å². The van der Waals surface area contributed by atoms with E-state index in [9.17, 15) is 9.59 Å². The molecule has 2 aromatic heterocycles. The maximum atomic E-state index is 13.3. The monoisotopic (exact) mass is 407 g/mol. The zero-order valence-electron chi connectivity index (χ0n) is 17.8. The Morgan fingerprint density at radius 1 is 0.967 bits per heavy atom. The number of amides is 2. The molecule has 3 rings (SSSR count). The van der Waals surface area contributed by atoms with E-state index in [1.807, 2.05) is 86.3 Å². The van der Waals surface area contributed by atoms with E-state index in [1.165, 1.54) is 0 Å². The molecule has 6 nitrogen and oxygen atoms in total. The minimum absolute atomic E-state index is 0.0362. The predicted octanol–water partition coefficient (Wildman–Crippen LogP) is 3.63. The fraction of sp³-hybridized carbons (Fsp3) is 0.333. The number of carbonyl (C=O) groups excluding carboxylic acids is 2. The Morgan fingerprint density at radius 3 is 2.33 bits per heavy atom. The number of furan rings is 1. The molecule has 3 aromatic rings. The van der Waals surface area contributed by atoms with Crippen molar-refractivity contribution >= 4 is 11.8 Å². The number of carbonyl (C=O) groups is 2. The van der Waals surface area contributed by atoms with Crippen molar-refractivity contribution in [1.82, 2.24) is 14.4 Å². The molecule has 6 heteroatoms. The normalized spacial score (nSPS) is 10.9. The Labute approximate surface area is 177 Å². The standard InChI is InChI=1S/C24H29N3O3/c1-19(2)27(23(28)15-20-9-5-4-6-10-20)18-24(29)26(17-22-12-8-14-30-22)16-21-11-7-13-25(21)3/h4-14,19H,15-18H2,1-3H3. The van der Waals surface area contributed by atoms with Crippen molar-refractivity contribution in [1.29, 1.82) is 0 Å². The Hall–Kier alpha value is -3.28. The van der Waals surface area contributed by atoms with Gasteiger partial charge in [-0.25, -0.2) is 0 Å². The Bertz CT molecular complexity index is 945. The number of aromatic nitrogens is 1. The van der Waals surface area contributed by atoms with E-state index in [-0.39, 0.29) is 30.8 Å². The third-order valence-corrected chi connectivity index (χ3v) is 5.13. The zero-order valence-corrected chi connectivity index (χ0v) is 17.8. The second-order valence-corrected chi connectivity index (χ2v) is 7.72. The fourth-order valence-electron chi connectivity index (χ4n) is 3.36. The molecule has 0 N–H and O–H groups in total. The van der Waals surface area contributed by atoms with Crippen LogP contribution in [0.4, 0.5) is 0 Å². The topological polar surface area (TPSA) is 58.7 Å². The number of rotatable bonds is 9. The van der Waals surface area contributed by atoms with Gasteiger partial charge in [-0.15, -0.1) is 0 Å². The van der Waals surface area contributed by atoms with Gasteiger partial charge >= 0.3 is 0 Å². The van der Waals surface area contributed by atoms with E-state index in [4.69, 9.17) is 4.42 Å². The number of nitrogens with zero attached hydrogens (tertiary/aromatic N) is 3. The lowest BCUT2D eigenvalue weighted by atomic mass is 10.1. The van der Waals surface area contributed by atoms with Crippen molar-refractivity contribution in [2.75, 3.05) is 6.54 Å². The molecule has 0 aliphatic rings. The molecule has 0 saturated carbocycles. The van der Waals surface area contributed by atoms with E-state index in [1.54, 1.807) is 16.1 Å². The van der Waals surface area contributed by atoms with Crippen LogP contribution < -0.4 is 0 Å². The summed E-state index contributed by atoms with van der Waals surface area (Å²) < 4.78 is 7.45. The molecular weight excluding hydrogens is 378 g/mol. The molecule has 0 spiro atoms. The summed E-state index contributed by atoms with van der Waals surface area (Å²) in [5, 5.41) is 0. The SMILES string of the molecule is CC(C)N(CC(=O)N(Cc1ccco1)Cc1cccn1C)C(=O)Cc1ccccc1. The molecule has 0 atom stereocenters. The highest BCUT2D eigenvalue weighted by Crippen LogP contribution is 2.13. The first-order valence-corrected chi connectivity index (χ1v) is 10.2. The first kappa shape index (κ1) is 21.4. The van der Waals surface area contributed by atoms with Gasteiger partial charge in [-0.05, 0) is 43.7 Å². The molecule has 0 unspecified atom stereocenters. The van der Waals surface area contributed by atoms with Gasteiger partial charge < -0.3 is 18.8 Å². The molecule has 2 amide bonds. The number of benzene rings is 1. The molecular formula is C24H29N3O3. The smallest absolute Gasteiger partial charge is 0.242 e. The molecule has 30 heavy (non-hydrogen) atoms. The van der Waals surface area contributed by atoms with Crippen molar-refractivity contribution < 1.29 is 14.0 Å². The molecule has 0 radical (unpaired) electrons. The second-order valence-electron chi connectivity index (χ2n) is 7.72. The van der Waals surface area contributed by atoms with Crippen LogP contribution in [0.15, 0.2) is 71.5 Å². The summed E-state index contributed by atoms with van der Waals surface area (Å²) in [7, 11) is 1.95. The maximum absolute atomic E-state index is 13.3. The van der Waals surface area contributed by atoms with Crippen LogP contribution in [0.1, 0.15) is 30.9 Å². The van der Waals surface area contributed by atoms with Gasteiger partial charge in [0.05, 0.1) is 25.8 Å². The lowest BCUT2D eigenvalue weighted by Gasteiger charge is -2.30. The zero-order chi connectivity index (χ0) is 21.5. The highest BCUT2D eigenvalue weighted by molar-refractivity contribution is 5.86. The first-order valence-electron chi connectivity index (χ1n) is 10.2. The fourth-order valence-corrected chi connectivity index (χ4v) is 3.36. The summed E-state index contributed by atoms with van der Waals surface area (Å²) in [6, 6.07) is 17.1. The number of aryl methyl sites for hydroxylation is 1.